The Morgan fingerprint density at radius 3 is 2.86 bits per heavy atom. The maximum absolute atomic E-state index is 12.9. The average Bonchev–Trinajstić information content (AvgIpc) is 3.16. The van der Waals surface area contributed by atoms with Crippen LogP contribution < -0.4 is 5.32 Å². The number of nitrogens with one attached hydrogen (secondary N) is 1. The average molecular weight is 320 g/mol. The molecule has 1 aromatic heterocycles. The van der Waals surface area contributed by atoms with E-state index in [0.29, 0.717) is 12.6 Å². The van der Waals surface area contributed by atoms with Crippen molar-refractivity contribution in [2.24, 2.45) is 0 Å². The van der Waals surface area contributed by atoms with Crippen molar-refractivity contribution in [1.29, 1.82) is 0 Å². The SMILES string of the molecule is Fc1ccc(CNC(=S)N2CCC[C@H]2c2cccs2)cc1. The fraction of sp³-hybridized carbons (Fsp3) is 0.312. The van der Waals surface area contributed by atoms with Crippen molar-refractivity contribution < 1.29 is 4.39 Å². The maximum Gasteiger partial charge on any atom is 0.169 e. The van der Waals surface area contributed by atoms with Crippen LogP contribution in [-0.4, -0.2) is 16.6 Å². The van der Waals surface area contributed by atoms with Gasteiger partial charge < -0.3 is 10.2 Å². The molecule has 2 nitrogen and oxygen atoms in total. The van der Waals surface area contributed by atoms with E-state index in [1.807, 2.05) is 0 Å². The van der Waals surface area contributed by atoms with Crippen LogP contribution in [0.3, 0.4) is 0 Å². The van der Waals surface area contributed by atoms with Gasteiger partial charge in [0.25, 0.3) is 0 Å². The van der Waals surface area contributed by atoms with Gasteiger partial charge in [0.15, 0.2) is 5.11 Å². The molecule has 0 bridgehead atoms. The molecule has 110 valence electrons. The summed E-state index contributed by atoms with van der Waals surface area (Å²) in [5.41, 5.74) is 1.03. The number of benzene rings is 1. The largest absolute Gasteiger partial charge is 0.358 e. The van der Waals surface area contributed by atoms with Crippen molar-refractivity contribution in [2.75, 3.05) is 6.54 Å². The predicted molar refractivity (Wildman–Crippen MR) is 88.8 cm³/mol. The lowest BCUT2D eigenvalue weighted by Gasteiger charge is -2.27. The van der Waals surface area contributed by atoms with Crippen LogP contribution in [0, 0.1) is 5.82 Å². The third-order valence-electron chi connectivity index (χ3n) is 3.74. The van der Waals surface area contributed by atoms with Crippen molar-refractivity contribution in [3.05, 3.63) is 58.0 Å². The van der Waals surface area contributed by atoms with Crippen LogP contribution in [0.15, 0.2) is 41.8 Å². The fourth-order valence-electron chi connectivity index (χ4n) is 2.67. The summed E-state index contributed by atoms with van der Waals surface area (Å²) in [6.07, 6.45) is 2.32. The highest BCUT2D eigenvalue weighted by Crippen LogP contribution is 2.34. The number of likely N-dealkylation sites (tertiary alicyclic amines) is 1. The Hall–Kier alpha value is -1.46. The topological polar surface area (TPSA) is 15.3 Å². The first-order chi connectivity index (χ1) is 10.2. The van der Waals surface area contributed by atoms with E-state index in [4.69, 9.17) is 12.2 Å². The van der Waals surface area contributed by atoms with Crippen molar-refractivity contribution >= 4 is 28.7 Å². The van der Waals surface area contributed by atoms with E-state index in [1.165, 1.54) is 23.4 Å². The Kier molecular flexibility index (Phi) is 4.51. The minimum Gasteiger partial charge on any atom is -0.358 e. The molecule has 1 aromatic carbocycles. The minimum atomic E-state index is -0.210. The summed E-state index contributed by atoms with van der Waals surface area (Å²) in [6.45, 7) is 1.63. The molecule has 2 aromatic rings. The van der Waals surface area contributed by atoms with E-state index in [0.717, 1.165) is 23.6 Å². The third-order valence-corrected chi connectivity index (χ3v) is 5.09. The molecular formula is C16H17FN2S2. The zero-order valence-corrected chi connectivity index (χ0v) is 13.2. The molecule has 21 heavy (non-hydrogen) atoms. The number of halogens is 1. The molecule has 2 heterocycles. The molecule has 1 fully saturated rings. The van der Waals surface area contributed by atoms with Crippen molar-refractivity contribution in [1.82, 2.24) is 10.2 Å². The first-order valence-electron chi connectivity index (χ1n) is 7.06. The molecule has 0 unspecified atom stereocenters. The molecule has 0 spiro atoms. The molecule has 3 rings (SSSR count). The number of rotatable bonds is 3. The van der Waals surface area contributed by atoms with Gasteiger partial charge >= 0.3 is 0 Å². The number of nitrogens with zero attached hydrogens (tertiary/aromatic N) is 1. The second-order valence-corrected chi connectivity index (χ2v) is 6.52. The predicted octanol–water partition coefficient (Wildman–Crippen LogP) is 4.10. The lowest BCUT2D eigenvalue weighted by atomic mass is 10.2. The Morgan fingerprint density at radius 1 is 1.33 bits per heavy atom. The van der Waals surface area contributed by atoms with Crippen LogP contribution >= 0.6 is 23.6 Å². The Morgan fingerprint density at radius 2 is 2.14 bits per heavy atom. The third kappa shape index (κ3) is 3.41. The Balaban J connectivity index is 1.61. The van der Waals surface area contributed by atoms with Crippen LogP contribution in [-0.2, 0) is 6.54 Å². The highest BCUT2D eigenvalue weighted by Gasteiger charge is 2.28. The summed E-state index contributed by atoms with van der Waals surface area (Å²) in [4.78, 5) is 3.64. The molecule has 1 saturated heterocycles. The second-order valence-electron chi connectivity index (χ2n) is 5.15. The molecule has 1 aliphatic rings. The number of hydrogen-bond acceptors (Lipinski definition) is 2. The highest BCUT2D eigenvalue weighted by atomic mass is 32.1. The number of hydrogen-bond donors (Lipinski definition) is 1. The zero-order valence-electron chi connectivity index (χ0n) is 11.6. The van der Waals surface area contributed by atoms with Crippen LogP contribution in [0.1, 0.15) is 29.3 Å². The number of thiocarbonyl (C=S) groups is 1. The summed E-state index contributed by atoms with van der Waals surface area (Å²) in [5.74, 6) is -0.210. The van der Waals surface area contributed by atoms with Gasteiger partial charge in [-0.3, -0.25) is 0 Å². The van der Waals surface area contributed by atoms with Gasteiger partial charge in [-0.25, -0.2) is 4.39 Å². The summed E-state index contributed by atoms with van der Waals surface area (Å²) in [5, 5.41) is 6.19. The van der Waals surface area contributed by atoms with Gasteiger partial charge in [-0.2, -0.15) is 0 Å². The van der Waals surface area contributed by atoms with E-state index in [2.05, 4.69) is 27.7 Å². The summed E-state index contributed by atoms with van der Waals surface area (Å²) < 4.78 is 12.9. The summed E-state index contributed by atoms with van der Waals surface area (Å²) in [6, 6.07) is 11.2. The number of thiophene rings is 1. The van der Waals surface area contributed by atoms with E-state index >= 15 is 0 Å². The minimum absolute atomic E-state index is 0.210. The molecular weight excluding hydrogens is 303 g/mol. The molecule has 1 aliphatic heterocycles. The second kappa shape index (κ2) is 6.54. The maximum atomic E-state index is 12.9. The van der Waals surface area contributed by atoms with Crippen LogP contribution in [0.25, 0.3) is 0 Å². The lowest BCUT2D eigenvalue weighted by Crippen LogP contribution is -2.38. The normalized spacial score (nSPS) is 18.0. The van der Waals surface area contributed by atoms with Gasteiger partial charge in [-0.1, -0.05) is 18.2 Å². The Labute approximate surface area is 133 Å². The van der Waals surface area contributed by atoms with Gasteiger partial charge in [-0.15, -0.1) is 11.3 Å². The monoisotopic (exact) mass is 320 g/mol. The molecule has 0 saturated carbocycles. The first kappa shape index (κ1) is 14.5. The Bertz CT molecular complexity index is 595. The van der Waals surface area contributed by atoms with Crippen LogP contribution in [0.2, 0.25) is 0 Å². The van der Waals surface area contributed by atoms with E-state index in [-0.39, 0.29) is 5.82 Å². The summed E-state index contributed by atoms with van der Waals surface area (Å²) >= 11 is 7.32. The molecule has 5 heteroatoms. The lowest BCUT2D eigenvalue weighted by molar-refractivity contribution is 0.398. The quantitative estimate of drug-likeness (QED) is 0.857. The zero-order chi connectivity index (χ0) is 14.7. The van der Waals surface area contributed by atoms with Gasteiger partial charge in [0.05, 0.1) is 6.04 Å². The van der Waals surface area contributed by atoms with E-state index < -0.39 is 0 Å². The standard InChI is InChI=1S/C16H17FN2S2/c17-13-7-5-12(6-8-13)11-18-16(20)19-9-1-3-14(19)15-4-2-10-21-15/h2,4-8,10,14H,1,3,9,11H2,(H,18,20)/t14-/m0/s1. The smallest absolute Gasteiger partial charge is 0.169 e. The van der Waals surface area contributed by atoms with Gasteiger partial charge in [0, 0.05) is 18.0 Å². The van der Waals surface area contributed by atoms with Crippen LogP contribution in [0.5, 0.6) is 0 Å². The van der Waals surface area contributed by atoms with Crippen molar-refractivity contribution in [2.45, 2.75) is 25.4 Å². The highest BCUT2D eigenvalue weighted by molar-refractivity contribution is 7.80. The van der Waals surface area contributed by atoms with Crippen molar-refractivity contribution in [3.63, 3.8) is 0 Å². The molecule has 1 atom stereocenters. The van der Waals surface area contributed by atoms with Gasteiger partial charge in [0.2, 0.25) is 0 Å². The van der Waals surface area contributed by atoms with E-state index in [1.54, 1.807) is 23.5 Å². The molecule has 0 aliphatic carbocycles. The van der Waals surface area contributed by atoms with Gasteiger partial charge in [0.1, 0.15) is 5.82 Å². The van der Waals surface area contributed by atoms with Crippen molar-refractivity contribution in [3.8, 4) is 0 Å². The van der Waals surface area contributed by atoms with Crippen LogP contribution in [0.4, 0.5) is 4.39 Å². The summed E-state index contributed by atoms with van der Waals surface area (Å²) in [7, 11) is 0. The van der Waals surface area contributed by atoms with Gasteiger partial charge in [-0.05, 0) is 54.2 Å². The first-order valence-corrected chi connectivity index (χ1v) is 8.35. The molecule has 0 amide bonds. The fourth-order valence-corrected chi connectivity index (χ4v) is 3.83. The van der Waals surface area contributed by atoms with E-state index in [9.17, 15) is 4.39 Å². The molecule has 0 radical (unpaired) electrons. The molecule has 1 N–H and O–H groups in total.